The molecule has 4 rings (SSSR count). The quantitative estimate of drug-likeness (QED) is 0.639. The van der Waals surface area contributed by atoms with Gasteiger partial charge in [-0.2, -0.15) is 0 Å². The average molecular weight is 317 g/mol. The molecule has 2 aliphatic rings. The molecule has 112 valence electrons. The van der Waals surface area contributed by atoms with Crippen molar-refractivity contribution in [3.63, 3.8) is 0 Å². The van der Waals surface area contributed by atoms with Gasteiger partial charge in [0.15, 0.2) is 11.5 Å². The molecule has 1 heterocycles. The number of hydrogen-bond acceptors (Lipinski definition) is 4. The first-order valence-electron chi connectivity index (χ1n) is 7.05. The monoisotopic (exact) mass is 316 g/mol. The molecule has 0 radical (unpaired) electrons. The lowest BCUT2D eigenvalue weighted by Crippen LogP contribution is -2.25. The highest BCUT2D eigenvalue weighted by atomic mass is 35.5. The summed E-state index contributed by atoms with van der Waals surface area (Å²) < 4.78 is 16.1. The van der Waals surface area contributed by atoms with E-state index in [1.807, 2.05) is 12.1 Å². The molecule has 1 saturated carbocycles. The van der Waals surface area contributed by atoms with E-state index in [1.54, 1.807) is 30.3 Å². The van der Waals surface area contributed by atoms with Crippen LogP contribution in [0.2, 0.25) is 5.02 Å². The molecule has 0 atom stereocenters. The van der Waals surface area contributed by atoms with Crippen LogP contribution in [0, 0.1) is 0 Å². The molecule has 1 aliphatic heterocycles. The maximum Gasteiger partial charge on any atom is 0.321 e. The van der Waals surface area contributed by atoms with Gasteiger partial charge in [0.2, 0.25) is 6.79 Å². The number of ether oxygens (including phenoxy) is 3. The van der Waals surface area contributed by atoms with Crippen molar-refractivity contribution in [2.24, 2.45) is 0 Å². The van der Waals surface area contributed by atoms with Crippen molar-refractivity contribution in [1.82, 2.24) is 0 Å². The minimum absolute atomic E-state index is 0.196. The molecule has 0 bridgehead atoms. The predicted molar refractivity (Wildman–Crippen MR) is 80.6 cm³/mol. The summed E-state index contributed by atoms with van der Waals surface area (Å²) in [5.74, 6) is 1.49. The van der Waals surface area contributed by atoms with Crippen LogP contribution in [0.3, 0.4) is 0 Å². The topological polar surface area (TPSA) is 44.8 Å². The molecule has 1 aliphatic carbocycles. The second kappa shape index (κ2) is 4.92. The Bertz CT molecular complexity index is 735. The molecule has 2 aromatic rings. The normalized spacial score (nSPS) is 17.1. The van der Waals surface area contributed by atoms with Crippen LogP contribution in [0.4, 0.5) is 0 Å². The van der Waals surface area contributed by atoms with Crippen LogP contribution < -0.4 is 14.2 Å². The zero-order chi connectivity index (χ0) is 15.2. The fraction of sp³-hybridized carbons (Fsp3) is 0.235. The highest BCUT2D eigenvalue weighted by molar-refractivity contribution is 6.30. The highest BCUT2D eigenvalue weighted by Gasteiger charge is 2.53. The van der Waals surface area contributed by atoms with Crippen LogP contribution in [0.1, 0.15) is 18.4 Å². The van der Waals surface area contributed by atoms with Crippen LogP contribution in [0.5, 0.6) is 17.2 Å². The van der Waals surface area contributed by atoms with Crippen molar-refractivity contribution < 1.29 is 19.0 Å². The molecule has 22 heavy (non-hydrogen) atoms. The van der Waals surface area contributed by atoms with Crippen LogP contribution in [-0.4, -0.2) is 12.8 Å². The van der Waals surface area contributed by atoms with E-state index in [0.717, 1.165) is 18.4 Å². The van der Waals surface area contributed by atoms with E-state index in [0.29, 0.717) is 22.3 Å². The van der Waals surface area contributed by atoms with E-state index in [2.05, 4.69) is 0 Å². The van der Waals surface area contributed by atoms with Gasteiger partial charge in [0.1, 0.15) is 5.75 Å². The summed E-state index contributed by atoms with van der Waals surface area (Å²) in [7, 11) is 0. The van der Waals surface area contributed by atoms with Gasteiger partial charge in [-0.15, -0.1) is 0 Å². The van der Waals surface area contributed by atoms with Crippen LogP contribution >= 0.6 is 11.6 Å². The van der Waals surface area contributed by atoms with Crippen molar-refractivity contribution in [3.8, 4) is 17.2 Å². The minimum Gasteiger partial charge on any atom is -0.454 e. The Kier molecular flexibility index (Phi) is 3.01. The van der Waals surface area contributed by atoms with Crippen LogP contribution in [0.15, 0.2) is 42.5 Å². The zero-order valence-electron chi connectivity index (χ0n) is 11.7. The molecule has 0 N–H and O–H groups in total. The Hall–Kier alpha value is -2.20. The first-order valence-corrected chi connectivity index (χ1v) is 7.43. The van der Waals surface area contributed by atoms with Gasteiger partial charge in [-0.05, 0) is 42.7 Å². The molecule has 5 heteroatoms. The molecular formula is C17H13ClO4. The SMILES string of the molecule is O=C(Oc1ccc2c(c1)OCO2)C1(c2ccc(Cl)cc2)CC1. The molecule has 0 spiro atoms. The van der Waals surface area contributed by atoms with Crippen LogP contribution in [-0.2, 0) is 10.2 Å². The number of hydrogen-bond donors (Lipinski definition) is 0. The van der Waals surface area contributed by atoms with E-state index >= 15 is 0 Å². The van der Waals surface area contributed by atoms with E-state index in [-0.39, 0.29) is 12.8 Å². The lowest BCUT2D eigenvalue weighted by Gasteiger charge is -2.15. The van der Waals surface area contributed by atoms with E-state index in [1.165, 1.54) is 0 Å². The number of halogens is 1. The summed E-state index contributed by atoms with van der Waals surface area (Å²) in [5, 5.41) is 0.656. The van der Waals surface area contributed by atoms with E-state index < -0.39 is 5.41 Å². The van der Waals surface area contributed by atoms with Gasteiger partial charge in [0.25, 0.3) is 0 Å². The molecule has 0 amide bonds. The maximum absolute atomic E-state index is 12.6. The van der Waals surface area contributed by atoms with Crippen molar-refractivity contribution in [3.05, 3.63) is 53.1 Å². The summed E-state index contributed by atoms with van der Waals surface area (Å²) in [6, 6.07) is 12.5. The third-order valence-electron chi connectivity index (χ3n) is 4.09. The summed E-state index contributed by atoms with van der Waals surface area (Å²) in [5.41, 5.74) is 0.406. The Morgan fingerprint density at radius 2 is 1.77 bits per heavy atom. The number of rotatable bonds is 3. The third-order valence-corrected chi connectivity index (χ3v) is 4.34. The van der Waals surface area contributed by atoms with E-state index in [9.17, 15) is 4.79 Å². The molecule has 1 fully saturated rings. The largest absolute Gasteiger partial charge is 0.454 e. The fourth-order valence-corrected chi connectivity index (χ4v) is 2.78. The Morgan fingerprint density at radius 3 is 2.50 bits per heavy atom. The van der Waals surface area contributed by atoms with Gasteiger partial charge >= 0.3 is 5.97 Å². The molecule has 4 nitrogen and oxygen atoms in total. The summed E-state index contributed by atoms with van der Waals surface area (Å²) >= 11 is 5.90. The zero-order valence-corrected chi connectivity index (χ0v) is 12.4. The second-order valence-electron chi connectivity index (χ2n) is 5.49. The van der Waals surface area contributed by atoms with E-state index in [4.69, 9.17) is 25.8 Å². The molecule has 2 aromatic carbocycles. The number of carbonyl (C=O) groups is 1. The predicted octanol–water partition coefficient (Wildman–Crippen LogP) is 3.71. The Balaban J connectivity index is 1.56. The van der Waals surface area contributed by atoms with Crippen molar-refractivity contribution >= 4 is 17.6 Å². The summed E-state index contributed by atoms with van der Waals surface area (Å²) in [6.45, 7) is 0.196. The first-order chi connectivity index (χ1) is 10.7. The second-order valence-corrected chi connectivity index (χ2v) is 5.93. The first kappa shape index (κ1) is 13.5. The lowest BCUT2D eigenvalue weighted by atomic mass is 9.96. The van der Waals surface area contributed by atoms with Gasteiger partial charge in [-0.3, -0.25) is 4.79 Å². The molecule has 0 unspecified atom stereocenters. The molecule has 0 aromatic heterocycles. The minimum atomic E-state index is -0.541. The smallest absolute Gasteiger partial charge is 0.321 e. The third kappa shape index (κ3) is 2.20. The summed E-state index contributed by atoms with van der Waals surface area (Å²) in [6.07, 6.45) is 1.58. The fourth-order valence-electron chi connectivity index (χ4n) is 2.65. The van der Waals surface area contributed by atoms with Gasteiger partial charge in [-0.25, -0.2) is 0 Å². The maximum atomic E-state index is 12.6. The van der Waals surface area contributed by atoms with Gasteiger partial charge in [0, 0.05) is 11.1 Å². The number of esters is 1. The lowest BCUT2D eigenvalue weighted by molar-refractivity contribution is -0.137. The highest BCUT2D eigenvalue weighted by Crippen LogP contribution is 2.49. The Labute approximate surface area is 132 Å². The summed E-state index contributed by atoms with van der Waals surface area (Å²) in [4.78, 5) is 12.6. The van der Waals surface area contributed by atoms with Gasteiger partial charge < -0.3 is 14.2 Å². The van der Waals surface area contributed by atoms with Crippen molar-refractivity contribution in [2.45, 2.75) is 18.3 Å². The van der Waals surface area contributed by atoms with Crippen molar-refractivity contribution in [2.75, 3.05) is 6.79 Å². The van der Waals surface area contributed by atoms with Crippen molar-refractivity contribution in [1.29, 1.82) is 0 Å². The van der Waals surface area contributed by atoms with Gasteiger partial charge in [0.05, 0.1) is 5.41 Å². The number of fused-ring (bicyclic) bond motifs is 1. The molecule has 0 saturated heterocycles. The number of benzene rings is 2. The van der Waals surface area contributed by atoms with Gasteiger partial charge in [-0.1, -0.05) is 23.7 Å². The average Bonchev–Trinajstić information content (AvgIpc) is 3.20. The Morgan fingerprint density at radius 1 is 1.05 bits per heavy atom. The molecular weight excluding hydrogens is 304 g/mol. The standard InChI is InChI=1S/C17H13ClO4/c18-12-3-1-11(2-4-12)17(7-8-17)16(19)22-13-5-6-14-15(9-13)21-10-20-14/h1-6,9H,7-8,10H2. The van der Waals surface area contributed by atoms with Crippen LogP contribution in [0.25, 0.3) is 0 Å². The number of carbonyl (C=O) groups excluding carboxylic acids is 1.